The molecule has 0 aromatic carbocycles. The van der Waals surface area contributed by atoms with E-state index in [0.717, 1.165) is 23.8 Å². The molecule has 1 N–H and O–H groups in total. The Morgan fingerprint density at radius 1 is 1.47 bits per heavy atom. The third kappa shape index (κ3) is 2.10. The average molecular weight is 233 g/mol. The van der Waals surface area contributed by atoms with Gasteiger partial charge in [-0.1, -0.05) is 0 Å². The first-order valence-corrected chi connectivity index (χ1v) is 5.86. The number of hydrogen-bond donors (Lipinski definition) is 1. The zero-order valence-corrected chi connectivity index (χ0v) is 10.8. The summed E-state index contributed by atoms with van der Waals surface area (Å²) in [4.78, 5) is 4.44. The Bertz CT molecular complexity index is 497. The maximum absolute atomic E-state index is 4.44. The normalized spacial score (nSPS) is 12.9. The van der Waals surface area contributed by atoms with Crippen molar-refractivity contribution in [3.05, 3.63) is 35.7 Å². The van der Waals surface area contributed by atoms with Crippen LogP contribution in [0.25, 0.3) is 0 Å². The second-order valence-corrected chi connectivity index (χ2v) is 4.13. The molecule has 0 fully saturated rings. The van der Waals surface area contributed by atoms with Crippen LogP contribution >= 0.6 is 0 Å². The summed E-state index contributed by atoms with van der Waals surface area (Å²) in [6.45, 7) is 5.04. The molecule has 17 heavy (non-hydrogen) atoms. The van der Waals surface area contributed by atoms with Gasteiger partial charge in [0, 0.05) is 26.0 Å². The maximum atomic E-state index is 4.44. The number of rotatable bonds is 4. The number of aryl methyl sites for hydroxylation is 3. The lowest BCUT2D eigenvalue weighted by Crippen LogP contribution is -2.24. The number of hydrogen-bond acceptors (Lipinski definition) is 3. The van der Waals surface area contributed by atoms with Crippen LogP contribution in [-0.2, 0) is 13.6 Å². The fraction of sp³-hybridized carbons (Fsp3) is 0.500. The largest absolute Gasteiger partial charge is 0.334 e. The molecular weight excluding hydrogens is 214 g/mol. The fourth-order valence-corrected chi connectivity index (χ4v) is 2.16. The molecule has 2 rings (SSSR count). The summed E-state index contributed by atoms with van der Waals surface area (Å²) in [6.07, 6.45) is 3.84. The van der Waals surface area contributed by atoms with E-state index >= 15 is 0 Å². The predicted octanol–water partition coefficient (Wildman–Crippen LogP) is 1.25. The minimum Gasteiger partial charge on any atom is -0.334 e. The quantitative estimate of drug-likeness (QED) is 0.864. The number of nitrogens with one attached hydrogen (secondary N) is 1. The van der Waals surface area contributed by atoms with E-state index in [-0.39, 0.29) is 6.04 Å². The second kappa shape index (κ2) is 4.71. The van der Waals surface area contributed by atoms with E-state index in [1.54, 1.807) is 0 Å². The lowest BCUT2D eigenvalue weighted by atomic mass is 10.2. The van der Waals surface area contributed by atoms with Gasteiger partial charge in [-0.25, -0.2) is 4.98 Å². The molecule has 0 aliphatic carbocycles. The van der Waals surface area contributed by atoms with Gasteiger partial charge in [-0.15, -0.1) is 0 Å². The van der Waals surface area contributed by atoms with Crippen molar-refractivity contribution in [2.75, 3.05) is 7.05 Å². The third-order valence-corrected chi connectivity index (χ3v) is 2.97. The standard InChI is InChI=1S/C12H19N5/c1-5-17-7-6-14-12(17)11(13-3)10-8-9(2)15-16(10)4/h6-8,11,13H,5H2,1-4H3. The number of nitrogens with zero attached hydrogens (tertiary/aromatic N) is 4. The summed E-state index contributed by atoms with van der Waals surface area (Å²) in [7, 11) is 3.91. The van der Waals surface area contributed by atoms with Gasteiger partial charge in [0.25, 0.3) is 0 Å². The topological polar surface area (TPSA) is 47.7 Å². The molecule has 2 aromatic rings. The van der Waals surface area contributed by atoms with Crippen molar-refractivity contribution in [1.29, 1.82) is 0 Å². The molecule has 0 bridgehead atoms. The highest BCUT2D eigenvalue weighted by atomic mass is 15.3. The molecule has 0 amide bonds. The Kier molecular flexibility index (Phi) is 3.28. The van der Waals surface area contributed by atoms with Crippen molar-refractivity contribution < 1.29 is 0 Å². The Morgan fingerprint density at radius 3 is 2.76 bits per heavy atom. The van der Waals surface area contributed by atoms with E-state index in [1.165, 1.54) is 0 Å². The summed E-state index contributed by atoms with van der Waals surface area (Å²) >= 11 is 0. The molecule has 0 saturated heterocycles. The molecule has 92 valence electrons. The van der Waals surface area contributed by atoms with Crippen LogP contribution in [-0.4, -0.2) is 26.4 Å². The van der Waals surface area contributed by atoms with Crippen LogP contribution in [0.3, 0.4) is 0 Å². The minimum absolute atomic E-state index is 0.0798. The van der Waals surface area contributed by atoms with Crippen molar-refractivity contribution in [3.63, 3.8) is 0 Å². The van der Waals surface area contributed by atoms with Crippen LogP contribution in [0.2, 0.25) is 0 Å². The molecule has 5 nitrogen and oxygen atoms in total. The molecule has 0 spiro atoms. The summed E-state index contributed by atoms with van der Waals surface area (Å²) in [5.41, 5.74) is 2.16. The van der Waals surface area contributed by atoms with Gasteiger partial charge in [-0.2, -0.15) is 5.10 Å². The molecule has 0 saturated carbocycles. The zero-order valence-electron chi connectivity index (χ0n) is 10.8. The summed E-state index contributed by atoms with van der Waals surface area (Å²) < 4.78 is 4.05. The van der Waals surface area contributed by atoms with Gasteiger partial charge in [0.2, 0.25) is 0 Å². The first-order valence-electron chi connectivity index (χ1n) is 5.86. The fourth-order valence-electron chi connectivity index (χ4n) is 2.16. The molecule has 2 heterocycles. The molecule has 1 atom stereocenters. The molecular formula is C12H19N5. The minimum atomic E-state index is 0.0798. The second-order valence-electron chi connectivity index (χ2n) is 4.13. The van der Waals surface area contributed by atoms with E-state index in [0.29, 0.717) is 0 Å². The Hall–Kier alpha value is -1.62. The lowest BCUT2D eigenvalue weighted by molar-refractivity contribution is 0.548. The first-order chi connectivity index (χ1) is 8.17. The van der Waals surface area contributed by atoms with Crippen LogP contribution in [0.4, 0.5) is 0 Å². The SMILES string of the molecule is CCn1ccnc1C(NC)c1cc(C)nn1C. The van der Waals surface area contributed by atoms with Gasteiger partial charge in [0.05, 0.1) is 11.4 Å². The highest BCUT2D eigenvalue weighted by Crippen LogP contribution is 2.20. The van der Waals surface area contributed by atoms with Crippen LogP contribution in [0, 0.1) is 6.92 Å². The molecule has 0 aliphatic rings. The molecule has 1 unspecified atom stereocenters. The van der Waals surface area contributed by atoms with Gasteiger partial charge in [0.15, 0.2) is 0 Å². The Balaban J connectivity index is 2.43. The van der Waals surface area contributed by atoms with Crippen molar-refractivity contribution in [2.45, 2.75) is 26.4 Å². The summed E-state index contributed by atoms with van der Waals surface area (Å²) in [6, 6.07) is 2.17. The Labute approximate surface area is 101 Å². The summed E-state index contributed by atoms with van der Waals surface area (Å²) in [5, 5.41) is 7.69. The van der Waals surface area contributed by atoms with Crippen molar-refractivity contribution >= 4 is 0 Å². The smallest absolute Gasteiger partial charge is 0.132 e. The average Bonchev–Trinajstić information content (AvgIpc) is 2.88. The van der Waals surface area contributed by atoms with E-state index in [2.05, 4.69) is 33.0 Å². The van der Waals surface area contributed by atoms with Gasteiger partial charge in [-0.3, -0.25) is 4.68 Å². The van der Waals surface area contributed by atoms with E-state index in [9.17, 15) is 0 Å². The number of aromatic nitrogens is 4. The van der Waals surface area contributed by atoms with Crippen LogP contribution in [0.1, 0.15) is 30.2 Å². The van der Waals surface area contributed by atoms with Gasteiger partial charge in [-0.05, 0) is 27.0 Å². The number of imidazole rings is 1. The van der Waals surface area contributed by atoms with Crippen molar-refractivity contribution in [2.24, 2.45) is 7.05 Å². The lowest BCUT2D eigenvalue weighted by Gasteiger charge is -2.17. The molecule has 0 radical (unpaired) electrons. The van der Waals surface area contributed by atoms with Crippen LogP contribution in [0.5, 0.6) is 0 Å². The molecule has 2 aromatic heterocycles. The highest BCUT2D eigenvalue weighted by molar-refractivity contribution is 5.20. The maximum Gasteiger partial charge on any atom is 0.132 e. The molecule has 5 heteroatoms. The third-order valence-electron chi connectivity index (χ3n) is 2.97. The van der Waals surface area contributed by atoms with Gasteiger partial charge >= 0.3 is 0 Å². The van der Waals surface area contributed by atoms with Crippen LogP contribution in [0.15, 0.2) is 18.5 Å². The first kappa shape index (κ1) is 11.9. The Morgan fingerprint density at radius 2 is 2.24 bits per heavy atom. The summed E-state index contributed by atoms with van der Waals surface area (Å²) in [5.74, 6) is 1.03. The predicted molar refractivity (Wildman–Crippen MR) is 66.7 cm³/mol. The van der Waals surface area contributed by atoms with Gasteiger partial charge in [0.1, 0.15) is 11.9 Å². The van der Waals surface area contributed by atoms with E-state index < -0.39 is 0 Å². The van der Waals surface area contributed by atoms with E-state index in [1.807, 2.05) is 38.1 Å². The highest BCUT2D eigenvalue weighted by Gasteiger charge is 2.20. The zero-order chi connectivity index (χ0) is 12.4. The van der Waals surface area contributed by atoms with Crippen molar-refractivity contribution in [3.8, 4) is 0 Å². The van der Waals surface area contributed by atoms with Gasteiger partial charge < -0.3 is 9.88 Å². The van der Waals surface area contributed by atoms with E-state index in [4.69, 9.17) is 0 Å². The van der Waals surface area contributed by atoms with Crippen molar-refractivity contribution in [1.82, 2.24) is 24.6 Å². The van der Waals surface area contributed by atoms with Crippen LogP contribution < -0.4 is 5.32 Å². The monoisotopic (exact) mass is 233 g/mol. The molecule has 0 aliphatic heterocycles.